The minimum atomic E-state index is -1.02. The van der Waals surface area contributed by atoms with Crippen molar-refractivity contribution in [1.82, 2.24) is 0 Å². The SMILES string of the molecule is CSc1ccc(C(O)c2cc(F)cc(F)c2)cc1. The van der Waals surface area contributed by atoms with Crippen molar-refractivity contribution in [3.8, 4) is 0 Å². The molecule has 0 amide bonds. The molecule has 0 spiro atoms. The number of rotatable bonds is 3. The van der Waals surface area contributed by atoms with E-state index in [-0.39, 0.29) is 5.56 Å². The van der Waals surface area contributed by atoms with Gasteiger partial charge in [-0.1, -0.05) is 12.1 Å². The molecule has 1 nitrogen and oxygen atoms in total. The van der Waals surface area contributed by atoms with Crippen molar-refractivity contribution in [2.24, 2.45) is 0 Å². The molecule has 0 bridgehead atoms. The van der Waals surface area contributed by atoms with Crippen molar-refractivity contribution in [3.63, 3.8) is 0 Å². The molecule has 2 rings (SSSR count). The molecule has 1 atom stereocenters. The summed E-state index contributed by atoms with van der Waals surface area (Å²) in [6, 6.07) is 10.3. The van der Waals surface area contributed by atoms with Gasteiger partial charge in [0.05, 0.1) is 0 Å². The summed E-state index contributed by atoms with van der Waals surface area (Å²) in [5.74, 6) is -1.38. The van der Waals surface area contributed by atoms with Gasteiger partial charge in [0, 0.05) is 11.0 Å². The Morgan fingerprint density at radius 3 is 2.00 bits per heavy atom. The van der Waals surface area contributed by atoms with Gasteiger partial charge in [0.25, 0.3) is 0 Å². The number of halogens is 2. The molecule has 94 valence electrons. The van der Waals surface area contributed by atoms with Crippen molar-refractivity contribution in [1.29, 1.82) is 0 Å². The first-order valence-corrected chi connectivity index (χ1v) is 6.60. The van der Waals surface area contributed by atoms with Gasteiger partial charge < -0.3 is 5.11 Å². The lowest BCUT2D eigenvalue weighted by Crippen LogP contribution is -2.01. The topological polar surface area (TPSA) is 20.2 Å². The maximum atomic E-state index is 13.1. The molecule has 2 aromatic rings. The van der Waals surface area contributed by atoms with Crippen LogP contribution in [0.15, 0.2) is 47.4 Å². The molecular weight excluding hydrogens is 254 g/mol. The van der Waals surface area contributed by atoms with Crippen LogP contribution in [0.1, 0.15) is 17.2 Å². The van der Waals surface area contributed by atoms with E-state index >= 15 is 0 Å². The maximum absolute atomic E-state index is 13.1. The van der Waals surface area contributed by atoms with Gasteiger partial charge in [0.15, 0.2) is 0 Å². The number of aliphatic hydroxyl groups excluding tert-OH is 1. The molecular formula is C14H12F2OS. The maximum Gasteiger partial charge on any atom is 0.126 e. The molecule has 0 aliphatic rings. The van der Waals surface area contributed by atoms with E-state index in [2.05, 4.69) is 0 Å². The van der Waals surface area contributed by atoms with Crippen molar-refractivity contribution in [2.45, 2.75) is 11.0 Å². The number of hydrogen-bond acceptors (Lipinski definition) is 2. The fourth-order valence-electron chi connectivity index (χ4n) is 1.71. The van der Waals surface area contributed by atoms with Crippen LogP contribution in [0.5, 0.6) is 0 Å². The lowest BCUT2D eigenvalue weighted by atomic mass is 10.0. The Balaban J connectivity index is 2.31. The van der Waals surface area contributed by atoms with Crippen molar-refractivity contribution in [2.75, 3.05) is 6.26 Å². The number of thioether (sulfide) groups is 1. The molecule has 0 radical (unpaired) electrons. The van der Waals surface area contributed by atoms with Crippen molar-refractivity contribution >= 4 is 11.8 Å². The lowest BCUT2D eigenvalue weighted by molar-refractivity contribution is 0.219. The van der Waals surface area contributed by atoms with E-state index in [1.807, 2.05) is 18.4 Å². The van der Waals surface area contributed by atoms with Gasteiger partial charge in [-0.15, -0.1) is 11.8 Å². The highest BCUT2D eigenvalue weighted by Crippen LogP contribution is 2.25. The average molecular weight is 266 g/mol. The number of aliphatic hydroxyl groups is 1. The molecule has 2 aromatic carbocycles. The average Bonchev–Trinajstić information content (AvgIpc) is 2.37. The first-order valence-electron chi connectivity index (χ1n) is 5.38. The second-order valence-corrected chi connectivity index (χ2v) is 4.76. The normalized spacial score (nSPS) is 12.4. The van der Waals surface area contributed by atoms with Gasteiger partial charge >= 0.3 is 0 Å². The van der Waals surface area contributed by atoms with Crippen LogP contribution >= 0.6 is 11.8 Å². The highest BCUT2D eigenvalue weighted by molar-refractivity contribution is 7.98. The first kappa shape index (κ1) is 13.1. The third-order valence-electron chi connectivity index (χ3n) is 2.63. The third kappa shape index (κ3) is 2.89. The Morgan fingerprint density at radius 1 is 0.944 bits per heavy atom. The van der Waals surface area contributed by atoms with Crippen LogP contribution in [0.3, 0.4) is 0 Å². The van der Waals surface area contributed by atoms with Gasteiger partial charge in [0.2, 0.25) is 0 Å². The van der Waals surface area contributed by atoms with Gasteiger partial charge in [-0.2, -0.15) is 0 Å². The van der Waals surface area contributed by atoms with E-state index in [1.54, 1.807) is 23.9 Å². The van der Waals surface area contributed by atoms with Gasteiger partial charge in [-0.25, -0.2) is 8.78 Å². The number of hydrogen-bond donors (Lipinski definition) is 1. The van der Waals surface area contributed by atoms with E-state index in [9.17, 15) is 13.9 Å². The van der Waals surface area contributed by atoms with Crippen LogP contribution < -0.4 is 0 Å². The highest BCUT2D eigenvalue weighted by atomic mass is 32.2. The molecule has 0 fully saturated rings. The molecule has 18 heavy (non-hydrogen) atoms. The summed E-state index contributed by atoms with van der Waals surface area (Å²) in [7, 11) is 0. The Kier molecular flexibility index (Phi) is 3.99. The van der Waals surface area contributed by atoms with E-state index < -0.39 is 17.7 Å². The van der Waals surface area contributed by atoms with Crippen LogP contribution in [0, 0.1) is 11.6 Å². The summed E-state index contributed by atoms with van der Waals surface area (Å²) in [4.78, 5) is 1.07. The predicted octanol–water partition coefficient (Wildman–Crippen LogP) is 3.77. The van der Waals surface area contributed by atoms with Gasteiger partial charge in [0.1, 0.15) is 17.7 Å². The van der Waals surface area contributed by atoms with Crippen LogP contribution in [-0.2, 0) is 0 Å². The van der Waals surface area contributed by atoms with Crippen LogP contribution in [0.4, 0.5) is 8.78 Å². The summed E-state index contributed by atoms with van der Waals surface area (Å²) in [5.41, 5.74) is 0.821. The Bertz CT molecular complexity index is 520. The lowest BCUT2D eigenvalue weighted by Gasteiger charge is -2.12. The van der Waals surface area contributed by atoms with E-state index in [1.165, 1.54) is 0 Å². The largest absolute Gasteiger partial charge is 0.384 e. The predicted molar refractivity (Wildman–Crippen MR) is 68.6 cm³/mol. The monoisotopic (exact) mass is 266 g/mol. The fourth-order valence-corrected chi connectivity index (χ4v) is 2.12. The van der Waals surface area contributed by atoms with Gasteiger partial charge in [-0.05, 0) is 41.6 Å². The van der Waals surface area contributed by atoms with Crippen LogP contribution in [0.2, 0.25) is 0 Å². The van der Waals surface area contributed by atoms with Gasteiger partial charge in [-0.3, -0.25) is 0 Å². The summed E-state index contributed by atoms with van der Waals surface area (Å²) in [6.07, 6.45) is 0.930. The molecule has 0 heterocycles. The Labute approximate surface area is 108 Å². The second-order valence-electron chi connectivity index (χ2n) is 3.88. The first-order chi connectivity index (χ1) is 8.60. The van der Waals surface area contributed by atoms with Crippen molar-refractivity contribution in [3.05, 3.63) is 65.2 Å². The van der Waals surface area contributed by atoms with Crippen LogP contribution in [-0.4, -0.2) is 11.4 Å². The zero-order valence-corrected chi connectivity index (χ0v) is 10.5. The summed E-state index contributed by atoms with van der Waals surface area (Å²) in [5, 5.41) is 10.1. The van der Waals surface area contributed by atoms with E-state index in [0.29, 0.717) is 5.56 Å². The highest BCUT2D eigenvalue weighted by Gasteiger charge is 2.12. The zero-order chi connectivity index (χ0) is 13.1. The molecule has 0 saturated heterocycles. The molecule has 0 aliphatic carbocycles. The molecule has 0 aliphatic heterocycles. The third-order valence-corrected chi connectivity index (χ3v) is 3.38. The molecule has 4 heteroatoms. The van der Waals surface area contributed by atoms with E-state index in [0.717, 1.165) is 23.1 Å². The summed E-state index contributed by atoms with van der Waals surface area (Å²) >= 11 is 1.59. The minimum absolute atomic E-state index is 0.212. The minimum Gasteiger partial charge on any atom is -0.384 e. The summed E-state index contributed by atoms with van der Waals surface area (Å²) in [6.45, 7) is 0. The smallest absolute Gasteiger partial charge is 0.126 e. The fraction of sp³-hybridized carbons (Fsp3) is 0.143. The van der Waals surface area contributed by atoms with Crippen molar-refractivity contribution < 1.29 is 13.9 Å². The standard InChI is InChI=1S/C14H12F2OS/c1-18-13-4-2-9(3-5-13)14(17)10-6-11(15)8-12(16)7-10/h2-8,14,17H,1H3. The molecule has 1 N–H and O–H groups in total. The quantitative estimate of drug-likeness (QED) is 0.853. The molecule has 0 saturated carbocycles. The molecule has 0 aromatic heterocycles. The number of benzene rings is 2. The Morgan fingerprint density at radius 2 is 1.50 bits per heavy atom. The van der Waals surface area contributed by atoms with E-state index in [4.69, 9.17) is 0 Å². The Hall–Kier alpha value is -1.39. The zero-order valence-electron chi connectivity index (χ0n) is 9.73. The second kappa shape index (κ2) is 5.50. The summed E-state index contributed by atoms with van der Waals surface area (Å²) < 4.78 is 26.1. The molecule has 1 unspecified atom stereocenters. The van der Waals surface area contributed by atoms with Crippen LogP contribution in [0.25, 0.3) is 0 Å².